The molecule has 0 aliphatic rings. The van der Waals surface area contributed by atoms with Gasteiger partial charge < -0.3 is 19.9 Å². The topological polar surface area (TPSA) is 76.4 Å². The Bertz CT molecular complexity index is 808. The number of nitrogens with zero attached hydrogens (tertiary/aromatic N) is 4. The molecular formula is C20H30F3IN6O. The van der Waals surface area contributed by atoms with Crippen molar-refractivity contribution in [2.24, 2.45) is 12.0 Å². The molecule has 0 amide bonds. The molecule has 0 atom stereocenters. The number of methoxy groups -OCH3 is 1. The number of benzene rings is 1. The van der Waals surface area contributed by atoms with E-state index in [9.17, 15) is 13.2 Å². The number of nitrogens with one attached hydrogen (secondary N) is 2. The van der Waals surface area contributed by atoms with Crippen LogP contribution in [0.3, 0.4) is 0 Å². The summed E-state index contributed by atoms with van der Waals surface area (Å²) in [7, 11) is 3.49. The van der Waals surface area contributed by atoms with Gasteiger partial charge in [0.15, 0.2) is 11.8 Å². The van der Waals surface area contributed by atoms with E-state index in [4.69, 9.17) is 4.74 Å². The van der Waals surface area contributed by atoms with Crippen LogP contribution in [0.15, 0.2) is 29.3 Å². The molecule has 0 aliphatic carbocycles. The van der Waals surface area contributed by atoms with Gasteiger partial charge in [-0.3, -0.25) is 0 Å². The third kappa shape index (κ3) is 10.2. The van der Waals surface area contributed by atoms with Crippen molar-refractivity contribution in [2.75, 3.05) is 20.2 Å². The second kappa shape index (κ2) is 13.4. The van der Waals surface area contributed by atoms with E-state index in [1.165, 1.54) is 0 Å². The van der Waals surface area contributed by atoms with Crippen LogP contribution in [0, 0.1) is 6.92 Å². The van der Waals surface area contributed by atoms with Crippen molar-refractivity contribution in [3.8, 4) is 5.75 Å². The highest BCUT2D eigenvalue weighted by atomic mass is 127. The lowest BCUT2D eigenvalue weighted by Gasteiger charge is -2.13. The molecule has 11 heteroatoms. The van der Waals surface area contributed by atoms with E-state index in [0.29, 0.717) is 37.8 Å². The Labute approximate surface area is 197 Å². The zero-order valence-corrected chi connectivity index (χ0v) is 20.3. The summed E-state index contributed by atoms with van der Waals surface area (Å²) in [6, 6.07) is 7.79. The first-order valence-electron chi connectivity index (χ1n) is 9.85. The van der Waals surface area contributed by atoms with Gasteiger partial charge in [0.2, 0.25) is 0 Å². The Kier molecular flexibility index (Phi) is 11.6. The maximum atomic E-state index is 12.3. The smallest absolute Gasteiger partial charge is 0.389 e. The third-order valence-electron chi connectivity index (χ3n) is 4.61. The standard InChI is InChI=1S/C20H29F3N6O.HI/c1-15-27-28-18(29(15)2)14-26-19(24-12-5-4-11-20(21,22)23)25-13-10-16-6-8-17(30-3)9-7-16;/h6-9H,4-5,10-14H2,1-3H3,(H2,24,25,26);1H. The summed E-state index contributed by atoms with van der Waals surface area (Å²) in [5.74, 6) is 2.83. The zero-order valence-electron chi connectivity index (χ0n) is 18.0. The van der Waals surface area contributed by atoms with Gasteiger partial charge in [-0.25, -0.2) is 4.99 Å². The number of ether oxygens (including phenoxy) is 1. The van der Waals surface area contributed by atoms with Gasteiger partial charge in [0.1, 0.15) is 18.1 Å². The van der Waals surface area contributed by atoms with E-state index in [0.717, 1.165) is 23.6 Å². The summed E-state index contributed by atoms with van der Waals surface area (Å²) >= 11 is 0. The van der Waals surface area contributed by atoms with Crippen LogP contribution >= 0.6 is 24.0 Å². The summed E-state index contributed by atoms with van der Waals surface area (Å²) in [6.45, 7) is 3.20. The van der Waals surface area contributed by atoms with E-state index in [2.05, 4.69) is 25.8 Å². The Hall–Kier alpha value is -2.05. The molecule has 174 valence electrons. The second-order valence-electron chi connectivity index (χ2n) is 6.91. The van der Waals surface area contributed by atoms with E-state index in [1.807, 2.05) is 42.8 Å². The first-order chi connectivity index (χ1) is 14.3. The average molecular weight is 554 g/mol. The molecule has 0 aliphatic heterocycles. The molecule has 2 aromatic rings. The van der Waals surface area contributed by atoms with Crippen LogP contribution in [0.1, 0.15) is 36.5 Å². The van der Waals surface area contributed by atoms with Crippen molar-refractivity contribution >= 4 is 29.9 Å². The van der Waals surface area contributed by atoms with Crippen molar-refractivity contribution in [3.05, 3.63) is 41.5 Å². The molecule has 0 bridgehead atoms. The molecule has 1 aromatic heterocycles. The predicted molar refractivity (Wildman–Crippen MR) is 125 cm³/mol. The van der Waals surface area contributed by atoms with Gasteiger partial charge in [-0.05, 0) is 43.9 Å². The molecule has 31 heavy (non-hydrogen) atoms. The van der Waals surface area contributed by atoms with Crippen LogP contribution in [0.5, 0.6) is 5.75 Å². The van der Waals surface area contributed by atoms with Crippen LogP contribution in [-0.2, 0) is 20.0 Å². The maximum Gasteiger partial charge on any atom is 0.389 e. The second-order valence-corrected chi connectivity index (χ2v) is 6.91. The Morgan fingerprint density at radius 2 is 1.77 bits per heavy atom. The lowest BCUT2D eigenvalue weighted by Crippen LogP contribution is -2.39. The van der Waals surface area contributed by atoms with Gasteiger partial charge >= 0.3 is 6.18 Å². The van der Waals surface area contributed by atoms with Crippen molar-refractivity contribution in [1.82, 2.24) is 25.4 Å². The average Bonchev–Trinajstić information content (AvgIpc) is 3.03. The minimum atomic E-state index is -4.11. The number of aryl methyl sites for hydroxylation is 1. The van der Waals surface area contributed by atoms with E-state index < -0.39 is 12.6 Å². The molecule has 0 unspecified atom stereocenters. The van der Waals surface area contributed by atoms with Crippen LogP contribution in [-0.4, -0.2) is 47.1 Å². The van der Waals surface area contributed by atoms with Gasteiger partial charge in [0, 0.05) is 26.6 Å². The molecule has 0 saturated carbocycles. The van der Waals surface area contributed by atoms with E-state index >= 15 is 0 Å². The molecule has 0 radical (unpaired) electrons. The Morgan fingerprint density at radius 3 is 2.35 bits per heavy atom. The molecular weight excluding hydrogens is 524 g/mol. The highest BCUT2D eigenvalue weighted by molar-refractivity contribution is 14.0. The summed E-state index contributed by atoms with van der Waals surface area (Å²) in [6.07, 6.45) is -3.64. The van der Waals surface area contributed by atoms with E-state index in [1.54, 1.807) is 7.11 Å². The number of guanidine groups is 1. The highest BCUT2D eigenvalue weighted by Gasteiger charge is 2.25. The van der Waals surface area contributed by atoms with Crippen LogP contribution in [0.25, 0.3) is 0 Å². The SMILES string of the molecule is COc1ccc(CCNC(=NCc2nnc(C)n2C)NCCCCC(F)(F)F)cc1.I. The first-order valence-corrected chi connectivity index (χ1v) is 9.85. The number of hydrogen-bond donors (Lipinski definition) is 2. The maximum absolute atomic E-state index is 12.3. The summed E-state index contributed by atoms with van der Waals surface area (Å²) < 4.78 is 43.9. The predicted octanol–water partition coefficient (Wildman–Crippen LogP) is 3.76. The number of alkyl halides is 3. The molecule has 2 N–H and O–H groups in total. The molecule has 1 heterocycles. The minimum absolute atomic E-state index is 0. The number of hydrogen-bond acceptors (Lipinski definition) is 4. The van der Waals surface area contributed by atoms with Gasteiger partial charge in [0.25, 0.3) is 0 Å². The lowest BCUT2D eigenvalue weighted by atomic mass is 10.1. The highest BCUT2D eigenvalue weighted by Crippen LogP contribution is 2.21. The first kappa shape index (κ1) is 27.0. The number of unbranched alkanes of at least 4 members (excludes halogenated alkanes) is 1. The van der Waals surface area contributed by atoms with Crippen LogP contribution < -0.4 is 15.4 Å². The number of aliphatic imine (C=N–C) groups is 1. The van der Waals surface area contributed by atoms with Gasteiger partial charge in [-0.2, -0.15) is 13.2 Å². The molecule has 0 fully saturated rings. The fraction of sp³-hybridized carbons (Fsp3) is 0.550. The third-order valence-corrected chi connectivity index (χ3v) is 4.61. The fourth-order valence-corrected chi connectivity index (χ4v) is 2.69. The Morgan fingerprint density at radius 1 is 1.10 bits per heavy atom. The van der Waals surface area contributed by atoms with Crippen LogP contribution in [0.4, 0.5) is 13.2 Å². The molecule has 1 aromatic carbocycles. The Balaban J connectivity index is 0.00000480. The van der Waals surface area contributed by atoms with Crippen molar-refractivity contribution < 1.29 is 17.9 Å². The largest absolute Gasteiger partial charge is 0.497 e. The number of rotatable bonds is 10. The number of halogens is 4. The molecule has 2 rings (SSSR count). The number of aromatic nitrogens is 3. The normalized spacial score (nSPS) is 11.7. The van der Waals surface area contributed by atoms with Crippen molar-refractivity contribution in [1.29, 1.82) is 0 Å². The summed E-state index contributed by atoms with van der Waals surface area (Å²) in [5, 5.41) is 14.4. The lowest BCUT2D eigenvalue weighted by molar-refractivity contribution is -0.135. The minimum Gasteiger partial charge on any atom is -0.497 e. The van der Waals surface area contributed by atoms with Crippen LogP contribution in [0.2, 0.25) is 0 Å². The van der Waals surface area contributed by atoms with E-state index in [-0.39, 0.29) is 30.4 Å². The van der Waals surface area contributed by atoms with Crippen molar-refractivity contribution in [3.63, 3.8) is 0 Å². The van der Waals surface area contributed by atoms with Gasteiger partial charge in [0.05, 0.1) is 7.11 Å². The molecule has 0 saturated heterocycles. The van der Waals surface area contributed by atoms with Crippen molar-refractivity contribution in [2.45, 2.75) is 45.3 Å². The van der Waals surface area contributed by atoms with Gasteiger partial charge in [-0.15, -0.1) is 34.2 Å². The zero-order chi connectivity index (χ0) is 22.0. The summed E-state index contributed by atoms with van der Waals surface area (Å²) in [5.41, 5.74) is 1.14. The summed E-state index contributed by atoms with van der Waals surface area (Å²) in [4.78, 5) is 4.50. The molecule has 0 spiro atoms. The fourth-order valence-electron chi connectivity index (χ4n) is 2.69. The van der Waals surface area contributed by atoms with Gasteiger partial charge in [-0.1, -0.05) is 12.1 Å². The monoisotopic (exact) mass is 554 g/mol. The molecule has 7 nitrogen and oxygen atoms in total. The quantitative estimate of drug-likeness (QED) is 0.203.